The van der Waals surface area contributed by atoms with Crippen molar-refractivity contribution in [2.45, 2.75) is 19.3 Å². The van der Waals surface area contributed by atoms with Crippen LogP contribution in [0.5, 0.6) is 0 Å². The molecule has 2 heterocycles. The molecule has 2 aromatic rings. The van der Waals surface area contributed by atoms with Gasteiger partial charge >= 0.3 is 0 Å². The van der Waals surface area contributed by atoms with E-state index >= 15 is 0 Å². The van der Waals surface area contributed by atoms with E-state index in [4.69, 9.17) is 4.74 Å². The second-order valence-electron chi connectivity index (χ2n) is 5.51. The van der Waals surface area contributed by atoms with Crippen LogP contribution in [-0.2, 0) is 16.0 Å². The fourth-order valence-corrected chi connectivity index (χ4v) is 2.55. The molecule has 0 aromatic carbocycles. The number of amides is 1. The predicted molar refractivity (Wildman–Crippen MR) is 91.0 cm³/mol. The van der Waals surface area contributed by atoms with Crippen LogP contribution in [0.25, 0.3) is 5.57 Å². The number of carbonyl (C=O) groups is 1. The van der Waals surface area contributed by atoms with Crippen molar-refractivity contribution in [1.82, 2.24) is 15.0 Å². The topological polar surface area (TPSA) is 77.0 Å². The van der Waals surface area contributed by atoms with Crippen molar-refractivity contribution < 1.29 is 13.9 Å². The molecule has 0 spiro atoms. The number of pyridine rings is 1. The molecule has 0 unspecified atom stereocenters. The standard InChI is InChI=1S/C18H17FN4O2/c1-25-16-5-4-13(19)8-14(16)15-9-17(22-11-21-15)23-18(24)7-12-3-2-6-20-10-12/h2-3,6,8-11H,4-5,7H2,1H3,(H,21,22,23,24). The Morgan fingerprint density at radius 3 is 3.00 bits per heavy atom. The number of nitrogens with one attached hydrogen (secondary N) is 1. The molecule has 0 saturated carbocycles. The molecule has 0 radical (unpaired) electrons. The number of hydrogen-bond donors (Lipinski definition) is 1. The number of allylic oxidation sites excluding steroid dienone is 4. The molecule has 1 aliphatic rings. The average Bonchev–Trinajstić information content (AvgIpc) is 2.62. The first kappa shape index (κ1) is 16.8. The summed E-state index contributed by atoms with van der Waals surface area (Å²) in [5, 5.41) is 2.72. The van der Waals surface area contributed by atoms with Crippen LogP contribution in [0.1, 0.15) is 24.1 Å². The third kappa shape index (κ3) is 4.26. The van der Waals surface area contributed by atoms with Crippen LogP contribution < -0.4 is 5.32 Å². The van der Waals surface area contributed by atoms with Crippen LogP contribution in [0.4, 0.5) is 10.2 Å². The van der Waals surface area contributed by atoms with Crippen LogP contribution in [0.15, 0.2) is 54.6 Å². The number of halogens is 1. The Morgan fingerprint density at radius 2 is 2.24 bits per heavy atom. The van der Waals surface area contributed by atoms with Crippen molar-refractivity contribution in [1.29, 1.82) is 0 Å². The lowest BCUT2D eigenvalue weighted by atomic mass is 10.0. The number of aromatic nitrogens is 3. The lowest BCUT2D eigenvalue weighted by Crippen LogP contribution is -2.16. The van der Waals surface area contributed by atoms with Crippen LogP contribution in [0.3, 0.4) is 0 Å². The first-order valence-corrected chi connectivity index (χ1v) is 7.80. The summed E-state index contributed by atoms with van der Waals surface area (Å²) in [4.78, 5) is 24.3. The van der Waals surface area contributed by atoms with Crippen molar-refractivity contribution in [3.63, 3.8) is 0 Å². The molecular formula is C18H17FN4O2. The Kier molecular flexibility index (Phi) is 5.13. The lowest BCUT2D eigenvalue weighted by Gasteiger charge is -2.16. The quantitative estimate of drug-likeness (QED) is 0.905. The van der Waals surface area contributed by atoms with Gasteiger partial charge in [-0.05, 0) is 17.7 Å². The minimum Gasteiger partial charge on any atom is -0.500 e. The van der Waals surface area contributed by atoms with Gasteiger partial charge < -0.3 is 10.1 Å². The van der Waals surface area contributed by atoms with Gasteiger partial charge in [0.2, 0.25) is 5.91 Å². The van der Waals surface area contributed by atoms with E-state index in [1.165, 1.54) is 12.4 Å². The van der Waals surface area contributed by atoms with Gasteiger partial charge in [-0.15, -0.1) is 0 Å². The van der Waals surface area contributed by atoms with Crippen molar-refractivity contribution in [3.8, 4) is 0 Å². The van der Waals surface area contributed by atoms with Gasteiger partial charge in [0.25, 0.3) is 0 Å². The maximum absolute atomic E-state index is 13.6. The summed E-state index contributed by atoms with van der Waals surface area (Å²) in [6.45, 7) is 0. The maximum atomic E-state index is 13.6. The van der Waals surface area contributed by atoms with E-state index in [2.05, 4.69) is 20.3 Å². The van der Waals surface area contributed by atoms with E-state index in [0.717, 1.165) is 5.56 Å². The average molecular weight is 340 g/mol. The van der Waals surface area contributed by atoms with Gasteiger partial charge in [0.1, 0.15) is 23.7 Å². The van der Waals surface area contributed by atoms with Crippen molar-refractivity contribution in [2.75, 3.05) is 12.4 Å². The highest BCUT2D eigenvalue weighted by Gasteiger charge is 2.17. The fraction of sp³-hybridized carbons (Fsp3) is 0.222. The highest BCUT2D eigenvalue weighted by molar-refractivity contribution is 5.91. The van der Waals surface area contributed by atoms with Gasteiger partial charge in [-0.25, -0.2) is 14.4 Å². The Bertz CT molecular complexity index is 834. The normalized spacial score (nSPS) is 14.1. The molecule has 128 valence electrons. The molecular weight excluding hydrogens is 323 g/mol. The van der Waals surface area contributed by atoms with E-state index in [9.17, 15) is 9.18 Å². The van der Waals surface area contributed by atoms with Gasteiger partial charge in [0.15, 0.2) is 0 Å². The number of nitrogens with zero attached hydrogens (tertiary/aromatic N) is 3. The van der Waals surface area contributed by atoms with Gasteiger partial charge in [0.05, 0.1) is 19.2 Å². The third-order valence-electron chi connectivity index (χ3n) is 3.74. The first-order chi connectivity index (χ1) is 12.2. The summed E-state index contributed by atoms with van der Waals surface area (Å²) in [5.41, 5.74) is 1.87. The smallest absolute Gasteiger partial charge is 0.230 e. The van der Waals surface area contributed by atoms with Crippen LogP contribution in [0, 0.1) is 0 Å². The van der Waals surface area contributed by atoms with Crippen molar-refractivity contribution in [3.05, 3.63) is 65.8 Å². The van der Waals surface area contributed by atoms with E-state index < -0.39 is 0 Å². The molecule has 0 bridgehead atoms. The Hall–Kier alpha value is -3.09. The number of anilines is 1. The molecule has 7 heteroatoms. The van der Waals surface area contributed by atoms with Gasteiger partial charge in [0, 0.05) is 36.9 Å². The van der Waals surface area contributed by atoms with Gasteiger partial charge in [-0.3, -0.25) is 9.78 Å². The number of rotatable bonds is 5. The third-order valence-corrected chi connectivity index (χ3v) is 3.74. The Morgan fingerprint density at radius 1 is 1.36 bits per heavy atom. The Balaban J connectivity index is 1.78. The molecule has 0 aliphatic heterocycles. The molecule has 25 heavy (non-hydrogen) atoms. The van der Waals surface area contributed by atoms with Gasteiger partial charge in [-0.2, -0.15) is 0 Å². The summed E-state index contributed by atoms with van der Waals surface area (Å²) < 4.78 is 19.0. The minimum atomic E-state index is -0.225. The lowest BCUT2D eigenvalue weighted by molar-refractivity contribution is -0.115. The summed E-state index contributed by atoms with van der Waals surface area (Å²) in [6.07, 6.45) is 6.99. The molecule has 1 N–H and O–H groups in total. The summed E-state index contributed by atoms with van der Waals surface area (Å²) in [5.74, 6) is 0.564. The summed E-state index contributed by atoms with van der Waals surface area (Å²) in [6, 6.07) is 5.20. The minimum absolute atomic E-state index is 0.188. The maximum Gasteiger partial charge on any atom is 0.230 e. The monoisotopic (exact) mass is 340 g/mol. The summed E-state index contributed by atoms with van der Waals surface area (Å²) in [7, 11) is 1.55. The SMILES string of the molecule is COC1=C(c2cc(NC(=O)Cc3cccnc3)ncn2)C=C(F)CC1. The fourth-order valence-electron chi connectivity index (χ4n) is 2.55. The largest absolute Gasteiger partial charge is 0.500 e. The highest BCUT2D eigenvalue weighted by atomic mass is 19.1. The van der Waals surface area contributed by atoms with E-state index in [1.54, 1.807) is 31.6 Å². The number of ether oxygens (including phenoxy) is 1. The zero-order valence-electron chi connectivity index (χ0n) is 13.7. The van der Waals surface area contributed by atoms with Crippen LogP contribution in [0.2, 0.25) is 0 Å². The molecule has 1 aliphatic carbocycles. The zero-order chi connectivity index (χ0) is 17.6. The van der Waals surface area contributed by atoms with E-state index in [1.807, 2.05) is 6.07 Å². The molecule has 0 saturated heterocycles. The second kappa shape index (κ2) is 7.65. The molecule has 3 rings (SSSR count). The predicted octanol–water partition coefficient (Wildman–Crippen LogP) is 3.06. The Labute approximate surface area is 144 Å². The number of methoxy groups -OCH3 is 1. The zero-order valence-corrected chi connectivity index (χ0v) is 13.7. The molecule has 0 fully saturated rings. The number of hydrogen-bond acceptors (Lipinski definition) is 5. The van der Waals surface area contributed by atoms with Crippen LogP contribution >= 0.6 is 0 Å². The molecule has 1 amide bonds. The molecule has 0 atom stereocenters. The first-order valence-electron chi connectivity index (χ1n) is 7.80. The molecule has 6 nitrogen and oxygen atoms in total. The molecule has 2 aromatic heterocycles. The van der Waals surface area contributed by atoms with Gasteiger partial charge in [-0.1, -0.05) is 6.07 Å². The second-order valence-corrected chi connectivity index (χ2v) is 5.51. The number of carbonyl (C=O) groups excluding carboxylic acids is 1. The van der Waals surface area contributed by atoms with E-state index in [0.29, 0.717) is 35.7 Å². The summed E-state index contributed by atoms with van der Waals surface area (Å²) >= 11 is 0. The van der Waals surface area contributed by atoms with Crippen molar-refractivity contribution >= 4 is 17.3 Å². The van der Waals surface area contributed by atoms with Crippen molar-refractivity contribution in [2.24, 2.45) is 0 Å². The van der Waals surface area contributed by atoms with E-state index in [-0.39, 0.29) is 18.2 Å². The highest BCUT2D eigenvalue weighted by Crippen LogP contribution is 2.31. The van der Waals surface area contributed by atoms with Crippen LogP contribution in [-0.4, -0.2) is 28.0 Å².